The van der Waals surface area contributed by atoms with Gasteiger partial charge >= 0.3 is 0 Å². The van der Waals surface area contributed by atoms with Crippen LogP contribution in [0.2, 0.25) is 0 Å². The molecule has 1 fully saturated rings. The third-order valence-electron chi connectivity index (χ3n) is 5.29. The van der Waals surface area contributed by atoms with Gasteiger partial charge < -0.3 is 14.3 Å². The van der Waals surface area contributed by atoms with Crippen molar-refractivity contribution < 1.29 is 14.3 Å². The molecule has 2 heterocycles. The Morgan fingerprint density at radius 2 is 1.96 bits per heavy atom. The molecule has 5 nitrogen and oxygen atoms in total. The Hall–Kier alpha value is -1.85. The van der Waals surface area contributed by atoms with Crippen LogP contribution >= 0.6 is 0 Å². The van der Waals surface area contributed by atoms with Gasteiger partial charge in [0, 0.05) is 12.2 Å². The second kappa shape index (κ2) is 7.36. The number of aromatic nitrogens is 1. The minimum atomic E-state index is 0.112. The van der Waals surface area contributed by atoms with E-state index < -0.39 is 0 Å². The fraction of sp³-hybridized carbons (Fsp3) is 0.526. The van der Waals surface area contributed by atoms with Gasteiger partial charge in [-0.15, -0.1) is 0 Å². The van der Waals surface area contributed by atoms with Crippen LogP contribution in [0.3, 0.4) is 0 Å². The molecule has 0 radical (unpaired) electrons. The van der Waals surface area contributed by atoms with Crippen molar-refractivity contribution >= 4 is 0 Å². The SMILES string of the molecule is CCC1(CO)CCN(Cc2ncc(-c3ccc(OC)cc3)o2)CC1. The predicted octanol–water partition coefficient (Wildman–Crippen LogP) is 3.33. The molecule has 1 N–H and O–H groups in total. The summed E-state index contributed by atoms with van der Waals surface area (Å²) in [6.45, 7) is 5.14. The highest BCUT2D eigenvalue weighted by atomic mass is 16.5. The summed E-state index contributed by atoms with van der Waals surface area (Å²) in [5.74, 6) is 2.35. The predicted molar refractivity (Wildman–Crippen MR) is 92.8 cm³/mol. The summed E-state index contributed by atoms with van der Waals surface area (Å²) >= 11 is 0. The molecule has 0 atom stereocenters. The fourth-order valence-corrected chi connectivity index (χ4v) is 3.27. The van der Waals surface area contributed by atoms with E-state index in [1.54, 1.807) is 13.3 Å². The second-order valence-corrected chi connectivity index (χ2v) is 6.63. The van der Waals surface area contributed by atoms with Crippen LogP contribution < -0.4 is 4.74 Å². The lowest BCUT2D eigenvalue weighted by Crippen LogP contribution is -2.41. The van der Waals surface area contributed by atoms with Crippen molar-refractivity contribution in [1.82, 2.24) is 9.88 Å². The zero-order valence-electron chi connectivity index (χ0n) is 14.5. The average Bonchev–Trinajstić information content (AvgIpc) is 3.11. The maximum Gasteiger partial charge on any atom is 0.209 e. The number of methoxy groups -OCH3 is 1. The summed E-state index contributed by atoms with van der Waals surface area (Å²) < 4.78 is 11.1. The van der Waals surface area contributed by atoms with Crippen LogP contribution in [0.25, 0.3) is 11.3 Å². The van der Waals surface area contributed by atoms with E-state index in [1.165, 1.54) is 0 Å². The minimum Gasteiger partial charge on any atom is -0.497 e. The molecule has 1 aromatic carbocycles. The van der Waals surface area contributed by atoms with Gasteiger partial charge in [0.15, 0.2) is 5.76 Å². The average molecular weight is 330 g/mol. The molecule has 3 rings (SSSR count). The van der Waals surface area contributed by atoms with Crippen LogP contribution in [0.1, 0.15) is 32.1 Å². The molecular formula is C19H26N2O3. The number of piperidine rings is 1. The number of hydrogen-bond donors (Lipinski definition) is 1. The van der Waals surface area contributed by atoms with Crippen LogP contribution in [0.5, 0.6) is 5.75 Å². The highest BCUT2D eigenvalue weighted by Gasteiger charge is 2.32. The lowest BCUT2D eigenvalue weighted by atomic mass is 9.77. The number of likely N-dealkylation sites (tertiary alicyclic amines) is 1. The minimum absolute atomic E-state index is 0.112. The molecule has 130 valence electrons. The van der Waals surface area contributed by atoms with E-state index >= 15 is 0 Å². The van der Waals surface area contributed by atoms with Gasteiger partial charge in [-0.05, 0) is 62.0 Å². The van der Waals surface area contributed by atoms with Crippen molar-refractivity contribution in [3.05, 3.63) is 36.4 Å². The molecule has 0 unspecified atom stereocenters. The van der Waals surface area contributed by atoms with Crippen LogP contribution in [0.15, 0.2) is 34.9 Å². The number of nitrogens with zero attached hydrogens (tertiary/aromatic N) is 2. The number of hydrogen-bond acceptors (Lipinski definition) is 5. The van der Waals surface area contributed by atoms with E-state index in [2.05, 4.69) is 16.8 Å². The van der Waals surface area contributed by atoms with Gasteiger partial charge in [-0.1, -0.05) is 6.92 Å². The van der Waals surface area contributed by atoms with Gasteiger partial charge in [-0.2, -0.15) is 0 Å². The number of ether oxygens (including phenoxy) is 1. The van der Waals surface area contributed by atoms with Crippen molar-refractivity contribution in [1.29, 1.82) is 0 Å². The standard InChI is InChI=1S/C19H26N2O3/c1-3-19(14-22)8-10-21(11-9-19)13-18-20-12-17(24-18)15-4-6-16(23-2)7-5-15/h4-7,12,22H,3,8-11,13-14H2,1-2H3. The third kappa shape index (κ3) is 3.62. The summed E-state index contributed by atoms with van der Waals surface area (Å²) in [6, 6.07) is 7.78. The molecule has 2 aromatic rings. The van der Waals surface area contributed by atoms with Gasteiger partial charge in [0.25, 0.3) is 0 Å². The molecule has 1 aliphatic rings. The van der Waals surface area contributed by atoms with Crippen LogP contribution in [0, 0.1) is 5.41 Å². The Bertz CT molecular complexity index is 637. The van der Waals surface area contributed by atoms with Crippen molar-refractivity contribution in [2.45, 2.75) is 32.7 Å². The first-order valence-corrected chi connectivity index (χ1v) is 8.60. The Labute approximate surface area is 143 Å². The Kier molecular flexibility index (Phi) is 5.21. The molecule has 0 amide bonds. The maximum absolute atomic E-state index is 9.63. The van der Waals surface area contributed by atoms with Gasteiger partial charge in [0.2, 0.25) is 5.89 Å². The zero-order chi connectivity index (χ0) is 17.0. The summed E-state index contributed by atoms with van der Waals surface area (Å²) in [5, 5.41) is 9.63. The first-order chi connectivity index (χ1) is 11.7. The summed E-state index contributed by atoms with van der Waals surface area (Å²) in [7, 11) is 1.66. The van der Waals surface area contributed by atoms with Crippen LogP contribution in [-0.2, 0) is 6.54 Å². The molecule has 1 saturated heterocycles. The Morgan fingerprint density at radius 1 is 1.25 bits per heavy atom. The third-order valence-corrected chi connectivity index (χ3v) is 5.29. The molecule has 1 aliphatic heterocycles. The molecule has 0 spiro atoms. The smallest absolute Gasteiger partial charge is 0.209 e. The first kappa shape index (κ1) is 17.0. The maximum atomic E-state index is 9.63. The molecule has 0 aliphatic carbocycles. The molecule has 1 aromatic heterocycles. The van der Waals surface area contributed by atoms with E-state index in [0.717, 1.165) is 61.9 Å². The topological polar surface area (TPSA) is 58.7 Å². The fourth-order valence-electron chi connectivity index (χ4n) is 3.27. The van der Waals surface area contributed by atoms with Crippen molar-refractivity contribution in [3.63, 3.8) is 0 Å². The van der Waals surface area contributed by atoms with E-state index in [9.17, 15) is 5.11 Å². The second-order valence-electron chi connectivity index (χ2n) is 6.63. The van der Waals surface area contributed by atoms with Gasteiger partial charge in [0.05, 0.1) is 19.9 Å². The lowest BCUT2D eigenvalue weighted by Gasteiger charge is -2.39. The lowest BCUT2D eigenvalue weighted by molar-refractivity contribution is 0.0355. The summed E-state index contributed by atoms with van der Waals surface area (Å²) in [4.78, 5) is 6.77. The van der Waals surface area contributed by atoms with Gasteiger partial charge in [0.1, 0.15) is 5.75 Å². The van der Waals surface area contributed by atoms with Gasteiger partial charge in [-0.3, -0.25) is 4.90 Å². The number of aliphatic hydroxyl groups is 1. The van der Waals surface area contributed by atoms with E-state index in [1.807, 2.05) is 24.3 Å². The van der Waals surface area contributed by atoms with E-state index in [4.69, 9.17) is 9.15 Å². The van der Waals surface area contributed by atoms with E-state index in [-0.39, 0.29) is 12.0 Å². The highest BCUT2D eigenvalue weighted by molar-refractivity contribution is 5.57. The van der Waals surface area contributed by atoms with Gasteiger partial charge in [-0.25, -0.2) is 4.98 Å². The highest BCUT2D eigenvalue weighted by Crippen LogP contribution is 2.34. The zero-order valence-corrected chi connectivity index (χ0v) is 14.5. The number of rotatable bonds is 6. The van der Waals surface area contributed by atoms with Crippen molar-refractivity contribution in [3.8, 4) is 17.1 Å². The Balaban J connectivity index is 1.60. The summed E-state index contributed by atoms with van der Waals surface area (Å²) in [6.07, 6.45) is 4.89. The molecular weight excluding hydrogens is 304 g/mol. The van der Waals surface area contributed by atoms with Crippen LogP contribution in [0.4, 0.5) is 0 Å². The van der Waals surface area contributed by atoms with E-state index in [0.29, 0.717) is 0 Å². The number of benzene rings is 1. The molecule has 5 heteroatoms. The normalized spacial score (nSPS) is 17.8. The molecule has 0 bridgehead atoms. The quantitative estimate of drug-likeness (QED) is 0.880. The van der Waals surface area contributed by atoms with Crippen molar-refractivity contribution in [2.75, 3.05) is 26.8 Å². The first-order valence-electron chi connectivity index (χ1n) is 8.60. The monoisotopic (exact) mass is 330 g/mol. The van der Waals surface area contributed by atoms with Crippen molar-refractivity contribution in [2.24, 2.45) is 5.41 Å². The number of aliphatic hydroxyl groups excluding tert-OH is 1. The molecule has 0 saturated carbocycles. The van der Waals surface area contributed by atoms with Crippen LogP contribution in [-0.4, -0.2) is 41.8 Å². The Morgan fingerprint density at radius 3 is 2.54 bits per heavy atom. The number of oxazole rings is 1. The molecule has 24 heavy (non-hydrogen) atoms. The summed E-state index contributed by atoms with van der Waals surface area (Å²) in [5.41, 5.74) is 1.11. The largest absolute Gasteiger partial charge is 0.497 e.